The summed E-state index contributed by atoms with van der Waals surface area (Å²) < 4.78 is 5.85. The molecule has 1 aliphatic rings. The van der Waals surface area contributed by atoms with Crippen LogP contribution in [0.3, 0.4) is 0 Å². The number of benzene rings is 1. The van der Waals surface area contributed by atoms with Crippen LogP contribution in [0, 0.1) is 0 Å². The summed E-state index contributed by atoms with van der Waals surface area (Å²) in [6.45, 7) is 2.74. The summed E-state index contributed by atoms with van der Waals surface area (Å²) in [5.74, 6) is -0.177. The van der Waals surface area contributed by atoms with Gasteiger partial charge in [-0.3, -0.25) is 4.79 Å². The average Bonchev–Trinajstić information content (AvgIpc) is 3.04. The Labute approximate surface area is 164 Å². The second kappa shape index (κ2) is 12.1. The van der Waals surface area contributed by atoms with Crippen molar-refractivity contribution in [3.8, 4) is 0 Å². The lowest BCUT2D eigenvalue weighted by atomic mass is 9.97. The highest BCUT2D eigenvalue weighted by Gasteiger charge is 2.44. The summed E-state index contributed by atoms with van der Waals surface area (Å²) in [4.78, 5) is 12.5. The molecule has 0 spiro atoms. The molecule has 152 valence electrons. The van der Waals surface area contributed by atoms with Crippen LogP contribution in [-0.4, -0.2) is 29.4 Å². The van der Waals surface area contributed by atoms with Crippen LogP contribution in [0.4, 0.5) is 0 Å². The van der Waals surface area contributed by atoms with Crippen molar-refractivity contribution in [2.45, 2.75) is 95.8 Å². The number of unbranched alkanes of at least 4 members (excludes halogenated alkanes) is 9. The standard InChI is InChI=1S/C23H37NO3/c1-2-3-4-5-6-7-8-9-10-14-18-23(21(25)17-19-27-23)24-22(26)20-15-12-11-13-16-20/h11-13,15-16,21,25H,2-10,14,17-19H2,1H3,(H,24,26). The predicted octanol–water partition coefficient (Wildman–Crippen LogP) is 5.20. The Morgan fingerprint density at radius 1 is 1.04 bits per heavy atom. The highest BCUT2D eigenvalue weighted by atomic mass is 16.5. The summed E-state index contributed by atoms with van der Waals surface area (Å²) >= 11 is 0. The number of aliphatic hydroxyl groups is 1. The Kier molecular flexibility index (Phi) is 9.85. The molecule has 0 bridgehead atoms. The van der Waals surface area contributed by atoms with Gasteiger partial charge in [-0.05, 0) is 25.0 Å². The molecular weight excluding hydrogens is 338 g/mol. The molecule has 1 aliphatic heterocycles. The number of carbonyl (C=O) groups excluding carboxylic acids is 1. The number of nitrogens with one attached hydrogen (secondary N) is 1. The molecule has 1 fully saturated rings. The molecule has 1 amide bonds. The molecular formula is C23H37NO3. The molecule has 2 rings (SSSR count). The minimum Gasteiger partial charge on any atom is -0.388 e. The van der Waals surface area contributed by atoms with Crippen LogP contribution < -0.4 is 5.32 Å². The van der Waals surface area contributed by atoms with Crippen molar-refractivity contribution in [2.24, 2.45) is 0 Å². The molecule has 4 heteroatoms. The van der Waals surface area contributed by atoms with E-state index in [9.17, 15) is 9.90 Å². The number of amides is 1. The fourth-order valence-corrected chi connectivity index (χ4v) is 3.83. The smallest absolute Gasteiger partial charge is 0.253 e. The minimum absolute atomic E-state index is 0.177. The van der Waals surface area contributed by atoms with E-state index >= 15 is 0 Å². The van der Waals surface area contributed by atoms with E-state index in [1.165, 1.54) is 51.4 Å². The molecule has 2 atom stereocenters. The van der Waals surface area contributed by atoms with Crippen molar-refractivity contribution in [3.05, 3.63) is 35.9 Å². The number of rotatable bonds is 13. The van der Waals surface area contributed by atoms with Gasteiger partial charge in [-0.15, -0.1) is 0 Å². The monoisotopic (exact) mass is 375 g/mol. The molecule has 0 aromatic heterocycles. The van der Waals surface area contributed by atoms with Crippen molar-refractivity contribution < 1.29 is 14.6 Å². The first-order valence-electron chi connectivity index (χ1n) is 10.9. The molecule has 4 nitrogen and oxygen atoms in total. The first kappa shape index (κ1) is 21.9. The van der Waals surface area contributed by atoms with E-state index in [1.807, 2.05) is 18.2 Å². The number of aliphatic hydroxyl groups excluding tert-OH is 1. The number of hydrogen-bond acceptors (Lipinski definition) is 3. The normalized spacial score (nSPS) is 22.1. The zero-order valence-electron chi connectivity index (χ0n) is 16.9. The van der Waals surface area contributed by atoms with E-state index < -0.39 is 11.8 Å². The van der Waals surface area contributed by atoms with Gasteiger partial charge in [-0.25, -0.2) is 0 Å². The molecule has 2 N–H and O–H groups in total. The topological polar surface area (TPSA) is 58.6 Å². The third-order valence-electron chi connectivity index (χ3n) is 5.55. The lowest BCUT2D eigenvalue weighted by Crippen LogP contribution is -2.55. The molecule has 0 aliphatic carbocycles. The summed E-state index contributed by atoms with van der Waals surface area (Å²) in [7, 11) is 0. The maximum absolute atomic E-state index is 12.5. The van der Waals surface area contributed by atoms with Gasteiger partial charge in [0, 0.05) is 12.0 Å². The lowest BCUT2D eigenvalue weighted by Gasteiger charge is -2.33. The molecule has 1 aromatic carbocycles. The van der Waals surface area contributed by atoms with Crippen LogP contribution in [0.15, 0.2) is 30.3 Å². The highest BCUT2D eigenvalue weighted by Crippen LogP contribution is 2.30. The zero-order chi connectivity index (χ0) is 19.4. The lowest BCUT2D eigenvalue weighted by molar-refractivity contribution is -0.0824. The van der Waals surface area contributed by atoms with E-state index in [2.05, 4.69) is 12.2 Å². The first-order chi connectivity index (χ1) is 13.2. The third kappa shape index (κ3) is 7.27. The number of carbonyl (C=O) groups is 1. The highest BCUT2D eigenvalue weighted by molar-refractivity contribution is 5.94. The van der Waals surface area contributed by atoms with Crippen molar-refractivity contribution in [2.75, 3.05) is 6.61 Å². The second-order valence-electron chi connectivity index (χ2n) is 7.79. The Hall–Kier alpha value is -1.39. The Morgan fingerprint density at radius 2 is 1.63 bits per heavy atom. The number of ether oxygens (including phenoxy) is 1. The van der Waals surface area contributed by atoms with Crippen LogP contribution >= 0.6 is 0 Å². The van der Waals surface area contributed by atoms with Gasteiger partial charge in [0.2, 0.25) is 0 Å². The van der Waals surface area contributed by atoms with Gasteiger partial charge >= 0.3 is 0 Å². The van der Waals surface area contributed by atoms with Crippen LogP contribution in [0.1, 0.15) is 94.3 Å². The summed E-state index contributed by atoms with van der Waals surface area (Å²) in [6, 6.07) is 9.14. The van der Waals surface area contributed by atoms with Crippen LogP contribution in [0.25, 0.3) is 0 Å². The number of hydrogen-bond donors (Lipinski definition) is 2. The Morgan fingerprint density at radius 3 is 2.19 bits per heavy atom. The molecule has 2 unspecified atom stereocenters. The maximum atomic E-state index is 12.5. The average molecular weight is 376 g/mol. The van der Waals surface area contributed by atoms with E-state index in [0.29, 0.717) is 25.0 Å². The molecule has 1 saturated heterocycles. The largest absolute Gasteiger partial charge is 0.388 e. The second-order valence-corrected chi connectivity index (χ2v) is 7.79. The van der Waals surface area contributed by atoms with Gasteiger partial charge in [0.05, 0.1) is 6.61 Å². The van der Waals surface area contributed by atoms with Crippen LogP contribution in [0.5, 0.6) is 0 Å². The van der Waals surface area contributed by atoms with Crippen molar-refractivity contribution in [3.63, 3.8) is 0 Å². The first-order valence-corrected chi connectivity index (χ1v) is 10.9. The van der Waals surface area contributed by atoms with Crippen molar-refractivity contribution in [1.29, 1.82) is 0 Å². The Bertz CT molecular complexity index is 534. The third-order valence-corrected chi connectivity index (χ3v) is 5.55. The maximum Gasteiger partial charge on any atom is 0.253 e. The van der Waals surface area contributed by atoms with E-state index in [4.69, 9.17) is 4.74 Å². The van der Waals surface area contributed by atoms with Gasteiger partial charge in [0.25, 0.3) is 5.91 Å². The quantitative estimate of drug-likeness (QED) is 0.466. The van der Waals surface area contributed by atoms with E-state index in [0.717, 1.165) is 12.8 Å². The van der Waals surface area contributed by atoms with Gasteiger partial charge in [0.1, 0.15) is 6.10 Å². The minimum atomic E-state index is -0.924. The van der Waals surface area contributed by atoms with E-state index in [-0.39, 0.29) is 5.91 Å². The fourth-order valence-electron chi connectivity index (χ4n) is 3.83. The summed E-state index contributed by atoms with van der Waals surface area (Å²) in [6.07, 6.45) is 13.2. The molecule has 1 aromatic rings. The Balaban J connectivity index is 1.69. The fraction of sp³-hybridized carbons (Fsp3) is 0.696. The summed E-state index contributed by atoms with van der Waals surface area (Å²) in [5.41, 5.74) is -0.324. The van der Waals surface area contributed by atoms with Gasteiger partial charge in [-0.2, -0.15) is 0 Å². The van der Waals surface area contributed by atoms with Crippen molar-refractivity contribution >= 4 is 5.91 Å². The molecule has 1 heterocycles. The van der Waals surface area contributed by atoms with Gasteiger partial charge in [0.15, 0.2) is 5.72 Å². The van der Waals surface area contributed by atoms with Crippen molar-refractivity contribution in [1.82, 2.24) is 5.32 Å². The predicted molar refractivity (Wildman–Crippen MR) is 110 cm³/mol. The zero-order valence-corrected chi connectivity index (χ0v) is 16.9. The van der Waals surface area contributed by atoms with E-state index in [1.54, 1.807) is 12.1 Å². The van der Waals surface area contributed by atoms with Gasteiger partial charge < -0.3 is 15.2 Å². The van der Waals surface area contributed by atoms with Crippen LogP contribution in [-0.2, 0) is 4.74 Å². The SMILES string of the molecule is CCCCCCCCCCCCC1(NC(=O)c2ccccc2)OCCC1O. The van der Waals surface area contributed by atoms with Crippen LogP contribution in [0.2, 0.25) is 0 Å². The molecule has 27 heavy (non-hydrogen) atoms. The molecule has 0 saturated carbocycles. The summed E-state index contributed by atoms with van der Waals surface area (Å²) in [5, 5.41) is 13.4. The molecule has 0 radical (unpaired) electrons. The van der Waals surface area contributed by atoms with Gasteiger partial charge in [-0.1, -0.05) is 82.9 Å².